The molecule has 3 heterocycles. The molecule has 6 nitrogen and oxygen atoms in total. The molecule has 3 aliphatic heterocycles. The Hall–Kier alpha value is -1.47. The van der Waals surface area contributed by atoms with Gasteiger partial charge in [0.05, 0.1) is 13.0 Å². The highest BCUT2D eigenvalue weighted by molar-refractivity contribution is 5.73. The van der Waals surface area contributed by atoms with Crippen molar-refractivity contribution in [2.45, 2.75) is 49.8 Å². The molecule has 0 aromatic heterocycles. The molecule has 0 radical (unpaired) electrons. The average molecular weight is 306 g/mol. The maximum absolute atomic E-state index is 11.4. The summed E-state index contributed by atoms with van der Waals surface area (Å²) in [4.78, 5) is 11.4. The van der Waals surface area contributed by atoms with E-state index < -0.39 is 6.29 Å². The molecule has 0 amide bonds. The summed E-state index contributed by atoms with van der Waals surface area (Å²) in [7, 11) is 1.57. The highest BCUT2D eigenvalue weighted by Gasteiger charge is 2.61. The van der Waals surface area contributed by atoms with Crippen LogP contribution in [0.3, 0.4) is 0 Å². The van der Waals surface area contributed by atoms with Crippen LogP contribution in [0.5, 0.6) is 0 Å². The van der Waals surface area contributed by atoms with Crippen LogP contribution >= 0.6 is 0 Å². The molecule has 3 aliphatic rings. The summed E-state index contributed by atoms with van der Waals surface area (Å²) in [5.74, 6) is -0.236. The smallest absolute Gasteiger partial charge is 0.309 e. The van der Waals surface area contributed by atoms with Gasteiger partial charge >= 0.3 is 5.97 Å². The number of fused-ring (bicyclic) bond motifs is 3. The first-order valence-electron chi connectivity index (χ1n) is 7.45. The summed E-state index contributed by atoms with van der Waals surface area (Å²) in [6.45, 7) is 0.455. The third kappa shape index (κ3) is 2.32. The molecule has 0 aliphatic carbocycles. The lowest BCUT2D eigenvalue weighted by Gasteiger charge is -2.22. The molecule has 3 fully saturated rings. The van der Waals surface area contributed by atoms with Crippen molar-refractivity contribution in [2.24, 2.45) is 0 Å². The Kier molecular flexibility index (Phi) is 3.62. The number of rotatable bonds is 4. The van der Waals surface area contributed by atoms with Gasteiger partial charge in [-0.05, 0) is 5.56 Å². The summed E-state index contributed by atoms with van der Waals surface area (Å²) in [5, 5.41) is 0. The van der Waals surface area contributed by atoms with Gasteiger partial charge in [0.2, 0.25) is 0 Å². The summed E-state index contributed by atoms with van der Waals surface area (Å²) < 4.78 is 28.4. The number of esters is 1. The van der Waals surface area contributed by atoms with Gasteiger partial charge in [0.1, 0.15) is 24.4 Å². The molecule has 0 N–H and O–H groups in total. The predicted octanol–water partition coefficient (Wildman–Crippen LogP) is 1.03. The first kappa shape index (κ1) is 14.1. The molecule has 22 heavy (non-hydrogen) atoms. The van der Waals surface area contributed by atoms with Crippen molar-refractivity contribution in [1.82, 2.24) is 0 Å². The van der Waals surface area contributed by atoms with Crippen molar-refractivity contribution in [2.75, 3.05) is 7.11 Å². The minimum Gasteiger partial charge on any atom is -0.457 e. The predicted molar refractivity (Wildman–Crippen MR) is 73.8 cm³/mol. The van der Waals surface area contributed by atoms with Gasteiger partial charge < -0.3 is 23.7 Å². The molecular weight excluding hydrogens is 288 g/mol. The van der Waals surface area contributed by atoms with Crippen LogP contribution in [0, 0.1) is 0 Å². The van der Waals surface area contributed by atoms with E-state index in [0.29, 0.717) is 6.61 Å². The highest BCUT2D eigenvalue weighted by atomic mass is 16.7. The molecule has 3 saturated heterocycles. The van der Waals surface area contributed by atoms with Gasteiger partial charge in [-0.3, -0.25) is 4.79 Å². The van der Waals surface area contributed by atoms with E-state index in [1.54, 1.807) is 7.11 Å². The summed E-state index contributed by atoms with van der Waals surface area (Å²) in [6.07, 6.45) is -1.73. The molecule has 6 heteroatoms. The van der Waals surface area contributed by atoms with Crippen molar-refractivity contribution in [1.29, 1.82) is 0 Å². The second-order valence-electron chi connectivity index (χ2n) is 5.76. The number of methoxy groups -OCH3 is 1. The minimum atomic E-state index is -0.515. The molecule has 0 saturated carbocycles. The Morgan fingerprint density at radius 3 is 2.73 bits per heavy atom. The maximum atomic E-state index is 11.4. The van der Waals surface area contributed by atoms with Gasteiger partial charge in [-0.25, -0.2) is 0 Å². The van der Waals surface area contributed by atoms with Crippen LogP contribution in [0.2, 0.25) is 0 Å². The van der Waals surface area contributed by atoms with E-state index in [4.69, 9.17) is 23.7 Å². The van der Waals surface area contributed by atoms with E-state index in [9.17, 15) is 4.79 Å². The zero-order chi connectivity index (χ0) is 15.1. The number of benzene rings is 1. The molecule has 1 aromatic rings. The van der Waals surface area contributed by atoms with E-state index in [2.05, 4.69) is 0 Å². The van der Waals surface area contributed by atoms with E-state index in [1.165, 1.54) is 0 Å². The molecule has 0 spiro atoms. The Balaban J connectivity index is 1.46. The Bertz CT molecular complexity index is 547. The van der Waals surface area contributed by atoms with Gasteiger partial charge in [0, 0.05) is 7.11 Å². The number of ether oxygens (including phenoxy) is 5. The third-order valence-corrected chi connectivity index (χ3v) is 4.38. The summed E-state index contributed by atoms with van der Waals surface area (Å²) in [6, 6.07) is 9.90. The first-order valence-corrected chi connectivity index (χ1v) is 7.45. The van der Waals surface area contributed by atoms with Crippen LogP contribution in [0.25, 0.3) is 0 Å². The van der Waals surface area contributed by atoms with Gasteiger partial charge in [-0.1, -0.05) is 30.3 Å². The minimum absolute atomic E-state index is 0.233. The first-order chi connectivity index (χ1) is 10.8. The maximum Gasteiger partial charge on any atom is 0.309 e. The van der Waals surface area contributed by atoms with Gasteiger partial charge in [-0.2, -0.15) is 0 Å². The van der Waals surface area contributed by atoms with Gasteiger partial charge in [0.25, 0.3) is 0 Å². The molecule has 4 rings (SSSR count). The summed E-state index contributed by atoms with van der Waals surface area (Å²) in [5.41, 5.74) is 1.07. The number of carbonyl (C=O) groups excluding carboxylic acids is 1. The third-order valence-electron chi connectivity index (χ3n) is 4.38. The van der Waals surface area contributed by atoms with Crippen LogP contribution < -0.4 is 0 Å². The SMILES string of the molecule is COC1O[C@@H]2[C@H]3OC(=O)C[C@H]3O[C@@H]2[C@@H]1OCc1ccccc1. The largest absolute Gasteiger partial charge is 0.457 e. The molecule has 1 aromatic carbocycles. The van der Waals surface area contributed by atoms with Crippen molar-refractivity contribution in [3.63, 3.8) is 0 Å². The Morgan fingerprint density at radius 2 is 1.95 bits per heavy atom. The molecule has 0 bridgehead atoms. The standard InChI is InChI=1S/C16H18O6/c1-18-16-15(19-8-9-5-3-2-4-6-9)14-13(22-16)12-10(20-14)7-11(17)21-12/h2-6,10,12-16H,7-8H2,1H3/t10-,12+,13-,14+,15+,16?/m1/s1. The number of carbonyl (C=O) groups is 1. The number of hydrogen-bond acceptors (Lipinski definition) is 6. The molecular formula is C16H18O6. The van der Waals surface area contributed by atoms with Crippen LogP contribution in [0.15, 0.2) is 30.3 Å². The van der Waals surface area contributed by atoms with Crippen LogP contribution in [-0.2, 0) is 35.1 Å². The number of hydrogen-bond donors (Lipinski definition) is 0. The van der Waals surface area contributed by atoms with Gasteiger partial charge in [-0.15, -0.1) is 0 Å². The van der Waals surface area contributed by atoms with Crippen molar-refractivity contribution in [3.8, 4) is 0 Å². The molecule has 1 unspecified atom stereocenters. The van der Waals surface area contributed by atoms with Crippen molar-refractivity contribution in [3.05, 3.63) is 35.9 Å². The monoisotopic (exact) mass is 306 g/mol. The topological polar surface area (TPSA) is 63.2 Å². The van der Waals surface area contributed by atoms with E-state index in [1.807, 2.05) is 30.3 Å². The second-order valence-corrected chi connectivity index (χ2v) is 5.76. The molecule has 118 valence electrons. The average Bonchev–Trinajstić information content (AvgIpc) is 3.15. The zero-order valence-corrected chi connectivity index (χ0v) is 12.2. The fraction of sp³-hybridized carbons (Fsp3) is 0.562. The molecule has 6 atom stereocenters. The fourth-order valence-electron chi connectivity index (χ4n) is 3.36. The van der Waals surface area contributed by atoms with E-state index >= 15 is 0 Å². The highest BCUT2D eigenvalue weighted by Crippen LogP contribution is 2.41. The summed E-state index contributed by atoms with van der Waals surface area (Å²) >= 11 is 0. The lowest BCUT2D eigenvalue weighted by atomic mass is 10.1. The second kappa shape index (κ2) is 5.62. The van der Waals surface area contributed by atoms with Crippen LogP contribution in [-0.4, -0.2) is 49.9 Å². The van der Waals surface area contributed by atoms with Gasteiger partial charge in [0.15, 0.2) is 12.4 Å². The lowest BCUT2D eigenvalue weighted by Crippen LogP contribution is -2.36. The van der Waals surface area contributed by atoms with Crippen LogP contribution in [0.1, 0.15) is 12.0 Å². The fourth-order valence-corrected chi connectivity index (χ4v) is 3.36. The van der Waals surface area contributed by atoms with Crippen molar-refractivity contribution < 1.29 is 28.5 Å². The Labute approximate surface area is 128 Å². The zero-order valence-electron chi connectivity index (χ0n) is 12.2. The lowest BCUT2D eigenvalue weighted by molar-refractivity contribution is -0.187. The van der Waals surface area contributed by atoms with Crippen LogP contribution in [0.4, 0.5) is 0 Å². The normalized spacial score (nSPS) is 39.6. The van der Waals surface area contributed by atoms with E-state index in [0.717, 1.165) is 5.56 Å². The van der Waals surface area contributed by atoms with Crippen molar-refractivity contribution >= 4 is 5.97 Å². The Morgan fingerprint density at radius 1 is 1.14 bits per heavy atom. The quantitative estimate of drug-likeness (QED) is 0.774. The van der Waals surface area contributed by atoms with E-state index in [-0.39, 0.29) is 42.9 Å².